The summed E-state index contributed by atoms with van der Waals surface area (Å²) < 4.78 is 10.7. The molecule has 1 saturated carbocycles. The van der Waals surface area contributed by atoms with Crippen molar-refractivity contribution in [2.45, 2.75) is 31.7 Å². The summed E-state index contributed by atoms with van der Waals surface area (Å²) in [5.41, 5.74) is 0.142. The van der Waals surface area contributed by atoms with Gasteiger partial charge in [-0.15, -0.1) is 5.01 Å². The first-order valence-electron chi connectivity index (χ1n) is 10.1. The molecule has 2 aliphatic rings. The van der Waals surface area contributed by atoms with Crippen molar-refractivity contribution in [2.75, 3.05) is 7.11 Å². The standard InChI is InChI=1S/C23H23N3O5/c1-3-23(17-7-5-4-6-8-17)21(28)26(22(29)25-23)24-14-15-9-12-18(19(13-15)30-2)31-20(27)16-10-11-16/h4-9,12-14,16H,3,10-11H2,1-2H3,(H,25,29)/b24-14-/t23-/m0/s1. The maximum atomic E-state index is 13.1. The second-order valence-electron chi connectivity index (χ2n) is 7.52. The van der Waals surface area contributed by atoms with Gasteiger partial charge in [0.05, 0.1) is 19.2 Å². The third-order valence-corrected chi connectivity index (χ3v) is 5.50. The average Bonchev–Trinajstić information content (AvgIpc) is 3.61. The van der Waals surface area contributed by atoms with E-state index in [1.807, 2.05) is 25.1 Å². The Morgan fingerprint density at radius 3 is 2.58 bits per heavy atom. The van der Waals surface area contributed by atoms with E-state index in [1.165, 1.54) is 13.3 Å². The number of esters is 1. The van der Waals surface area contributed by atoms with Crippen LogP contribution in [0.25, 0.3) is 0 Å². The first-order chi connectivity index (χ1) is 15.0. The Hall–Kier alpha value is -3.68. The molecular formula is C23H23N3O5. The molecule has 2 aromatic rings. The maximum absolute atomic E-state index is 13.1. The number of benzene rings is 2. The Kier molecular flexibility index (Phi) is 5.46. The molecule has 1 N–H and O–H groups in total. The van der Waals surface area contributed by atoms with Gasteiger partial charge in [-0.3, -0.25) is 9.59 Å². The molecule has 0 spiro atoms. The highest BCUT2D eigenvalue weighted by molar-refractivity contribution is 6.07. The molecule has 4 rings (SSSR count). The number of ether oxygens (including phenoxy) is 2. The fraction of sp³-hybridized carbons (Fsp3) is 0.304. The van der Waals surface area contributed by atoms with Crippen LogP contribution in [0.3, 0.4) is 0 Å². The average molecular weight is 421 g/mol. The minimum absolute atomic E-state index is 0.0333. The zero-order chi connectivity index (χ0) is 22.0. The lowest BCUT2D eigenvalue weighted by molar-refractivity contribution is -0.136. The fourth-order valence-electron chi connectivity index (χ4n) is 3.51. The Morgan fingerprint density at radius 1 is 1.19 bits per heavy atom. The van der Waals surface area contributed by atoms with Gasteiger partial charge in [0, 0.05) is 0 Å². The molecule has 0 radical (unpaired) electrons. The molecule has 8 nitrogen and oxygen atoms in total. The van der Waals surface area contributed by atoms with Gasteiger partial charge in [-0.05, 0) is 48.6 Å². The quantitative estimate of drug-likeness (QED) is 0.320. The molecule has 1 aliphatic carbocycles. The first kappa shape index (κ1) is 20.6. The second-order valence-corrected chi connectivity index (χ2v) is 7.52. The van der Waals surface area contributed by atoms with Crippen molar-refractivity contribution < 1.29 is 23.9 Å². The zero-order valence-electron chi connectivity index (χ0n) is 17.3. The summed E-state index contributed by atoms with van der Waals surface area (Å²) in [6.07, 6.45) is 3.48. The number of amides is 3. The van der Waals surface area contributed by atoms with Gasteiger partial charge in [0.1, 0.15) is 5.54 Å². The van der Waals surface area contributed by atoms with Crippen molar-refractivity contribution in [1.82, 2.24) is 10.3 Å². The Bertz CT molecular complexity index is 1050. The van der Waals surface area contributed by atoms with Gasteiger partial charge in [0.15, 0.2) is 11.5 Å². The highest BCUT2D eigenvalue weighted by atomic mass is 16.6. The third kappa shape index (κ3) is 3.88. The number of hydrazone groups is 1. The topological polar surface area (TPSA) is 97.3 Å². The monoisotopic (exact) mass is 421 g/mol. The van der Waals surface area contributed by atoms with Crippen LogP contribution in [0.15, 0.2) is 53.6 Å². The summed E-state index contributed by atoms with van der Waals surface area (Å²) in [7, 11) is 1.47. The van der Waals surface area contributed by atoms with E-state index in [-0.39, 0.29) is 11.9 Å². The lowest BCUT2D eigenvalue weighted by Crippen LogP contribution is -2.43. The molecule has 1 atom stereocenters. The van der Waals surface area contributed by atoms with Gasteiger partial charge in [-0.1, -0.05) is 37.3 Å². The van der Waals surface area contributed by atoms with Gasteiger partial charge >= 0.3 is 12.0 Å². The Balaban J connectivity index is 1.54. The predicted octanol–water partition coefficient (Wildman–Crippen LogP) is 3.20. The van der Waals surface area contributed by atoms with Crippen LogP contribution in [-0.2, 0) is 15.1 Å². The van der Waals surface area contributed by atoms with Gasteiger partial charge in [0.2, 0.25) is 0 Å². The lowest BCUT2D eigenvalue weighted by atomic mass is 9.87. The van der Waals surface area contributed by atoms with E-state index >= 15 is 0 Å². The van der Waals surface area contributed by atoms with Crippen molar-refractivity contribution in [2.24, 2.45) is 11.0 Å². The van der Waals surface area contributed by atoms with E-state index in [1.54, 1.807) is 30.3 Å². The molecule has 0 aromatic heterocycles. The van der Waals surface area contributed by atoms with Crippen LogP contribution in [0.4, 0.5) is 4.79 Å². The van der Waals surface area contributed by atoms with Crippen LogP contribution >= 0.6 is 0 Å². The number of rotatable bonds is 7. The number of nitrogens with one attached hydrogen (secondary N) is 1. The summed E-state index contributed by atoms with van der Waals surface area (Å²) in [6.45, 7) is 1.84. The number of urea groups is 1. The third-order valence-electron chi connectivity index (χ3n) is 5.50. The van der Waals surface area contributed by atoms with Crippen LogP contribution in [0.5, 0.6) is 11.5 Å². The molecule has 0 bridgehead atoms. The smallest absolute Gasteiger partial charge is 0.346 e. The van der Waals surface area contributed by atoms with E-state index in [0.717, 1.165) is 17.9 Å². The van der Waals surface area contributed by atoms with Crippen molar-refractivity contribution in [3.63, 3.8) is 0 Å². The Morgan fingerprint density at radius 2 is 1.94 bits per heavy atom. The Labute approximate surface area is 179 Å². The fourth-order valence-corrected chi connectivity index (χ4v) is 3.51. The number of imide groups is 1. The summed E-state index contributed by atoms with van der Waals surface area (Å²) in [4.78, 5) is 37.5. The lowest BCUT2D eigenvalue weighted by Gasteiger charge is -2.24. The van der Waals surface area contributed by atoms with E-state index in [0.29, 0.717) is 29.0 Å². The molecule has 8 heteroatoms. The molecule has 0 unspecified atom stereocenters. The minimum Gasteiger partial charge on any atom is -0.493 e. The van der Waals surface area contributed by atoms with E-state index in [2.05, 4.69) is 10.4 Å². The van der Waals surface area contributed by atoms with E-state index in [4.69, 9.17) is 9.47 Å². The number of methoxy groups -OCH3 is 1. The maximum Gasteiger partial charge on any atom is 0.346 e. The molecule has 160 valence electrons. The van der Waals surface area contributed by atoms with Crippen LogP contribution in [0.2, 0.25) is 0 Å². The van der Waals surface area contributed by atoms with Crippen LogP contribution in [0, 0.1) is 5.92 Å². The van der Waals surface area contributed by atoms with Gasteiger partial charge in [-0.2, -0.15) is 5.10 Å². The predicted molar refractivity (Wildman–Crippen MR) is 113 cm³/mol. The highest BCUT2D eigenvalue weighted by Crippen LogP contribution is 2.35. The van der Waals surface area contributed by atoms with Gasteiger partial charge < -0.3 is 14.8 Å². The van der Waals surface area contributed by atoms with Crippen LogP contribution in [-0.4, -0.2) is 36.2 Å². The van der Waals surface area contributed by atoms with E-state index in [9.17, 15) is 14.4 Å². The van der Waals surface area contributed by atoms with Crippen molar-refractivity contribution >= 4 is 24.1 Å². The van der Waals surface area contributed by atoms with Crippen molar-refractivity contribution in [1.29, 1.82) is 0 Å². The molecule has 1 saturated heterocycles. The molecule has 1 aliphatic heterocycles. The molecule has 3 amide bonds. The van der Waals surface area contributed by atoms with E-state index < -0.39 is 17.5 Å². The van der Waals surface area contributed by atoms with Gasteiger partial charge in [-0.25, -0.2) is 4.79 Å². The minimum atomic E-state index is -1.14. The summed E-state index contributed by atoms with van der Waals surface area (Å²) in [6, 6.07) is 13.4. The number of nitrogens with zero attached hydrogens (tertiary/aromatic N) is 2. The molecule has 31 heavy (non-hydrogen) atoms. The molecular weight excluding hydrogens is 398 g/mol. The largest absolute Gasteiger partial charge is 0.493 e. The highest BCUT2D eigenvalue weighted by Gasteiger charge is 2.51. The van der Waals surface area contributed by atoms with Gasteiger partial charge in [0.25, 0.3) is 5.91 Å². The van der Waals surface area contributed by atoms with Crippen LogP contribution in [0.1, 0.15) is 37.3 Å². The summed E-state index contributed by atoms with van der Waals surface area (Å²) >= 11 is 0. The molecule has 2 aromatic carbocycles. The molecule has 2 fully saturated rings. The number of hydrogen-bond acceptors (Lipinski definition) is 6. The number of carbonyl (C=O) groups is 3. The number of hydrogen-bond donors (Lipinski definition) is 1. The number of carbonyl (C=O) groups excluding carboxylic acids is 3. The summed E-state index contributed by atoms with van der Waals surface area (Å²) in [5, 5.41) is 7.73. The SMILES string of the molecule is CC[C@@]1(c2ccccc2)NC(=O)N(/N=C\c2ccc(OC(=O)C3CC3)c(OC)c2)C1=O. The van der Waals surface area contributed by atoms with Crippen molar-refractivity contribution in [3.05, 3.63) is 59.7 Å². The normalized spacial score (nSPS) is 20.8. The second kappa shape index (κ2) is 8.22. The first-order valence-corrected chi connectivity index (χ1v) is 10.1. The summed E-state index contributed by atoms with van der Waals surface area (Å²) in [5.74, 6) is -0.0580. The van der Waals surface area contributed by atoms with Crippen LogP contribution < -0.4 is 14.8 Å². The van der Waals surface area contributed by atoms with Crippen molar-refractivity contribution in [3.8, 4) is 11.5 Å². The molecule has 1 heterocycles. The zero-order valence-corrected chi connectivity index (χ0v) is 17.3.